The smallest absolute Gasteiger partial charge is 0.290 e. The number of carbonyl (C=O) groups is 1. The Kier molecular flexibility index (Phi) is 7.97. The first kappa shape index (κ1) is 30.1. The number of hydrogen-bond acceptors (Lipinski definition) is 5. The molecule has 1 atom stereocenters. The molecule has 0 unspecified atom stereocenters. The monoisotopic (exact) mass is 609 g/mol. The largest absolute Gasteiger partial charge is 0.384 e. The van der Waals surface area contributed by atoms with Crippen LogP contribution in [0.5, 0.6) is 0 Å². The molecule has 0 radical (unpaired) electrons. The second-order valence-electron chi connectivity index (χ2n) is 10.3. The number of aromatic nitrogens is 4. The molecule has 0 fully saturated rings. The van der Waals surface area contributed by atoms with Gasteiger partial charge in [-0.05, 0) is 42.3 Å². The van der Waals surface area contributed by atoms with E-state index in [9.17, 15) is 39.9 Å². The van der Waals surface area contributed by atoms with Crippen molar-refractivity contribution in [3.63, 3.8) is 0 Å². The Morgan fingerprint density at radius 2 is 1.65 bits per heavy atom. The maximum Gasteiger partial charge on any atom is 0.290 e. The zero-order valence-electron chi connectivity index (χ0n) is 22.2. The van der Waals surface area contributed by atoms with Crippen LogP contribution in [0.3, 0.4) is 0 Å². The number of hydrogen-bond donors (Lipinski definition) is 1. The number of nitrogens with two attached hydrogens (primary N) is 1. The fraction of sp³-hybridized carbons (Fsp3) is 0.310. The summed E-state index contributed by atoms with van der Waals surface area (Å²) in [5.74, 6) is -11.2. The lowest BCUT2D eigenvalue weighted by molar-refractivity contribution is -0.121. The van der Waals surface area contributed by atoms with Crippen LogP contribution in [0.1, 0.15) is 59.8 Å². The van der Waals surface area contributed by atoms with Crippen LogP contribution >= 0.6 is 0 Å². The molecule has 5 rings (SSSR count). The summed E-state index contributed by atoms with van der Waals surface area (Å²) in [5, 5.41) is 3.33. The highest BCUT2D eigenvalue weighted by molar-refractivity contribution is 5.80. The van der Waals surface area contributed by atoms with E-state index in [0.29, 0.717) is 17.2 Å². The molecule has 1 aliphatic rings. The van der Waals surface area contributed by atoms with Crippen molar-refractivity contribution in [3.8, 4) is 11.1 Å². The number of nitrogen functional groups attached to an aromatic ring is 1. The van der Waals surface area contributed by atoms with Crippen LogP contribution < -0.4 is 5.73 Å². The van der Waals surface area contributed by atoms with Gasteiger partial charge in [-0.25, -0.2) is 31.3 Å². The standard InChI is InChI=1S/C29H23F8N5O/c30-18-9-15(10-19(31)12-18)8-17(24-21(2-1-7-39-24)16-3-4-22(38)40-13-16)11-20(43)14-42-26-23(25(41-42)27(32)33)28(34,35)5-6-29(26,36)37/h1-4,7,9-10,12-13,17,27H,5-6,8,11,14H2,(H2,38,40)/t17-/m1/s1. The van der Waals surface area contributed by atoms with Crippen LogP contribution in [0.25, 0.3) is 11.1 Å². The van der Waals surface area contributed by atoms with E-state index in [0.717, 1.165) is 12.1 Å². The molecule has 3 heterocycles. The summed E-state index contributed by atoms with van der Waals surface area (Å²) in [5.41, 5.74) is 2.60. The Morgan fingerprint density at radius 3 is 2.30 bits per heavy atom. The fourth-order valence-corrected chi connectivity index (χ4v) is 5.37. The average molecular weight is 610 g/mol. The second kappa shape index (κ2) is 11.4. The van der Waals surface area contributed by atoms with E-state index < -0.39 is 84.4 Å². The summed E-state index contributed by atoms with van der Waals surface area (Å²) in [6.45, 7) is -1.03. The molecule has 0 bridgehead atoms. The van der Waals surface area contributed by atoms with E-state index in [1.807, 2.05) is 0 Å². The summed E-state index contributed by atoms with van der Waals surface area (Å²) in [6, 6.07) is 9.16. The van der Waals surface area contributed by atoms with E-state index in [4.69, 9.17) is 5.73 Å². The minimum absolute atomic E-state index is 0.143. The Hall–Kier alpha value is -4.36. The number of benzene rings is 1. The number of rotatable bonds is 9. The Labute approximate surface area is 239 Å². The summed E-state index contributed by atoms with van der Waals surface area (Å²) in [4.78, 5) is 21.8. The van der Waals surface area contributed by atoms with E-state index in [2.05, 4.69) is 15.1 Å². The van der Waals surface area contributed by atoms with Crippen molar-refractivity contribution in [2.24, 2.45) is 0 Å². The first-order chi connectivity index (χ1) is 20.2. The number of ketones is 1. The quantitative estimate of drug-likeness (QED) is 0.205. The maximum absolute atomic E-state index is 14.8. The van der Waals surface area contributed by atoms with Gasteiger partial charge in [-0.1, -0.05) is 6.07 Å². The number of carbonyl (C=O) groups excluding carboxylic acids is 1. The SMILES string of the molecule is Nc1ccc(-c2cccnc2[C@@H](CC(=O)Cn2nc(C(F)F)c3c2C(F)(F)CCC3(F)F)Cc2cc(F)cc(F)c2)cn1. The molecule has 6 nitrogen and oxygen atoms in total. The van der Waals surface area contributed by atoms with E-state index >= 15 is 0 Å². The minimum Gasteiger partial charge on any atom is -0.384 e. The predicted molar refractivity (Wildman–Crippen MR) is 139 cm³/mol. The number of Topliss-reactive ketones (excluding diaryl/α,β-unsaturated/α-hetero) is 1. The van der Waals surface area contributed by atoms with E-state index in [1.165, 1.54) is 18.5 Å². The highest BCUT2D eigenvalue weighted by atomic mass is 19.3. The van der Waals surface area contributed by atoms with Crippen molar-refractivity contribution in [2.75, 3.05) is 5.73 Å². The van der Waals surface area contributed by atoms with Crippen LogP contribution in [0, 0.1) is 11.6 Å². The molecule has 0 saturated carbocycles. The minimum atomic E-state index is -4.00. The lowest BCUT2D eigenvalue weighted by Gasteiger charge is -2.29. The molecule has 1 aliphatic carbocycles. The first-order valence-corrected chi connectivity index (χ1v) is 13.0. The molecular weight excluding hydrogens is 586 g/mol. The number of halogens is 8. The fourth-order valence-electron chi connectivity index (χ4n) is 5.37. The summed E-state index contributed by atoms with van der Waals surface area (Å²) < 4.78 is 114. The topological polar surface area (TPSA) is 86.7 Å². The molecule has 1 aromatic carbocycles. The summed E-state index contributed by atoms with van der Waals surface area (Å²) >= 11 is 0. The number of anilines is 1. The van der Waals surface area contributed by atoms with Crippen molar-refractivity contribution in [3.05, 3.63) is 94.7 Å². The normalized spacial score (nSPS) is 16.2. The van der Waals surface area contributed by atoms with Crippen LogP contribution in [-0.2, 0) is 29.6 Å². The molecular formula is C29H23F8N5O. The number of fused-ring (bicyclic) bond motifs is 1. The van der Waals surface area contributed by atoms with Crippen LogP contribution in [0.15, 0.2) is 54.9 Å². The molecule has 0 aliphatic heterocycles. The lowest BCUT2D eigenvalue weighted by Crippen LogP contribution is -2.33. The van der Waals surface area contributed by atoms with Gasteiger partial charge in [0.25, 0.3) is 18.3 Å². The van der Waals surface area contributed by atoms with Gasteiger partial charge in [0.05, 0.1) is 11.3 Å². The van der Waals surface area contributed by atoms with Gasteiger partial charge in [-0.2, -0.15) is 13.9 Å². The summed E-state index contributed by atoms with van der Waals surface area (Å²) in [6.07, 6.45) is -4.07. The average Bonchev–Trinajstić information content (AvgIpc) is 3.33. The number of nitrogens with zero attached hydrogens (tertiary/aromatic N) is 4. The van der Waals surface area contributed by atoms with Gasteiger partial charge >= 0.3 is 0 Å². The molecule has 43 heavy (non-hydrogen) atoms. The highest BCUT2D eigenvalue weighted by Crippen LogP contribution is 2.52. The molecule has 0 amide bonds. The maximum atomic E-state index is 14.8. The second-order valence-corrected chi connectivity index (χ2v) is 10.3. The van der Waals surface area contributed by atoms with Gasteiger partial charge in [0.2, 0.25) is 0 Å². The Balaban J connectivity index is 1.54. The van der Waals surface area contributed by atoms with E-state index in [-0.39, 0.29) is 28.2 Å². The van der Waals surface area contributed by atoms with Crippen LogP contribution in [0.2, 0.25) is 0 Å². The Bertz CT molecular complexity index is 1640. The van der Waals surface area contributed by atoms with E-state index in [1.54, 1.807) is 18.2 Å². The number of alkyl halides is 6. The van der Waals surface area contributed by atoms with Gasteiger partial charge in [-0.3, -0.25) is 14.5 Å². The molecule has 226 valence electrons. The van der Waals surface area contributed by atoms with Crippen molar-refractivity contribution in [1.29, 1.82) is 0 Å². The van der Waals surface area contributed by atoms with Gasteiger partial charge in [0, 0.05) is 54.8 Å². The Morgan fingerprint density at radius 1 is 0.953 bits per heavy atom. The van der Waals surface area contributed by atoms with Crippen molar-refractivity contribution < 1.29 is 39.9 Å². The highest BCUT2D eigenvalue weighted by Gasteiger charge is 2.55. The van der Waals surface area contributed by atoms with Gasteiger partial charge in [0.1, 0.15) is 35.4 Å². The van der Waals surface area contributed by atoms with Crippen molar-refractivity contribution in [1.82, 2.24) is 19.7 Å². The van der Waals surface area contributed by atoms with Gasteiger partial charge in [-0.15, -0.1) is 0 Å². The van der Waals surface area contributed by atoms with Gasteiger partial charge in [0.15, 0.2) is 5.78 Å². The first-order valence-electron chi connectivity index (χ1n) is 13.0. The third kappa shape index (κ3) is 6.22. The van der Waals surface area contributed by atoms with Crippen molar-refractivity contribution in [2.45, 2.75) is 56.4 Å². The summed E-state index contributed by atoms with van der Waals surface area (Å²) in [7, 11) is 0. The molecule has 2 N–H and O–H groups in total. The molecule has 0 spiro atoms. The molecule has 3 aromatic heterocycles. The van der Waals surface area contributed by atoms with Crippen LogP contribution in [0.4, 0.5) is 40.9 Å². The third-order valence-electron chi connectivity index (χ3n) is 7.18. The number of pyridine rings is 2. The zero-order valence-corrected chi connectivity index (χ0v) is 22.2. The van der Waals surface area contributed by atoms with Crippen LogP contribution in [-0.4, -0.2) is 25.5 Å². The van der Waals surface area contributed by atoms with Gasteiger partial charge < -0.3 is 5.73 Å². The van der Waals surface area contributed by atoms with Crippen molar-refractivity contribution >= 4 is 11.6 Å². The molecule has 14 heteroatoms. The lowest BCUT2D eigenvalue weighted by atomic mass is 9.87. The zero-order chi connectivity index (χ0) is 31.1. The molecule has 4 aromatic rings. The molecule has 0 saturated heterocycles. The predicted octanol–water partition coefficient (Wildman–Crippen LogP) is 7.10. The third-order valence-corrected chi connectivity index (χ3v) is 7.18.